The van der Waals surface area contributed by atoms with Gasteiger partial charge in [0.05, 0.1) is 11.0 Å². The van der Waals surface area contributed by atoms with Crippen molar-refractivity contribution >= 4 is 11.5 Å². The average molecular weight is 235 g/mol. The van der Waals surface area contributed by atoms with Crippen LogP contribution < -0.4 is 5.32 Å². The maximum absolute atomic E-state index is 10.4. The van der Waals surface area contributed by atoms with Crippen LogP contribution in [0.25, 0.3) is 0 Å². The van der Waals surface area contributed by atoms with Crippen molar-refractivity contribution in [2.45, 2.75) is 13.0 Å². The standard InChI is InChI=1S/C8H9N7O2/c1-5(8-11-13-14-12-8)10-7-3-2-6(4-9-7)15(16)17/h2-5H,1H3,(H,9,10)(H,11,12,13,14). The molecule has 0 aliphatic heterocycles. The van der Waals surface area contributed by atoms with Crippen molar-refractivity contribution in [1.82, 2.24) is 25.6 Å². The van der Waals surface area contributed by atoms with Gasteiger partial charge in [0, 0.05) is 6.07 Å². The molecule has 1 atom stereocenters. The van der Waals surface area contributed by atoms with Gasteiger partial charge in [-0.05, 0) is 13.0 Å². The summed E-state index contributed by atoms with van der Waals surface area (Å²) in [5.74, 6) is 0.998. The molecule has 2 heterocycles. The summed E-state index contributed by atoms with van der Waals surface area (Å²) in [6, 6.07) is 2.70. The summed E-state index contributed by atoms with van der Waals surface area (Å²) in [4.78, 5) is 13.8. The Bertz CT molecular complexity index is 495. The third-order valence-corrected chi connectivity index (χ3v) is 2.07. The SMILES string of the molecule is CC(Nc1ccc([N+](=O)[O-])cn1)c1nn[nH]n1. The van der Waals surface area contributed by atoms with Crippen LogP contribution in [-0.2, 0) is 0 Å². The van der Waals surface area contributed by atoms with Crippen LogP contribution in [0.4, 0.5) is 11.5 Å². The van der Waals surface area contributed by atoms with E-state index in [2.05, 4.69) is 30.9 Å². The third kappa shape index (κ3) is 2.51. The van der Waals surface area contributed by atoms with Crippen molar-refractivity contribution in [3.63, 3.8) is 0 Å². The number of aromatic nitrogens is 5. The highest BCUT2D eigenvalue weighted by Crippen LogP contribution is 2.16. The van der Waals surface area contributed by atoms with Crippen LogP contribution in [0.15, 0.2) is 18.3 Å². The lowest BCUT2D eigenvalue weighted by Gasteiger charge is -2.09. The minimum atomic E-state index is -0.501. The smallest absolute Gasteiger partial charge is 0.287 e. The Labute approximate surface area is 95.4 Å². The van der Waals surface area contributed by atoms with Gasteiger partial charge in [0.2, 0.25) is 0 Å². The van der Waals surface area contributed by atoms with Crippen LogP contribution in [0.3, 0.4) is 0 Å². The van der Waals surface area contributed by atoms with Crippen molar-refractivity contribution in [2.24, 2.45) is 0 Å². The molecule has 0 saturated heterocycles. The zero-order valence-corrected chi connectivity index (χ0v) is 8.86. The largest absolute Gasteiger partial charge is 0.360 e. The number of aromatic amines is 1. The quantitative estimate of drug-likeness (QED) is 0.589. The maximum Gasteiger partial charge on any atom is 0.287 e. The topological polar surface area (TPSA) is 123 Å². The monoisotopic (exact) mass is 235 g/mol. The Morgan fingerprint density at radius 1 is 1.53 bits per heavy atom. The normalized spacial score (nSPS) is 12.1. The van der Waals surface area contributed by atoms with Gasteiger partial charge in [-0.3, -0.25) is 10.1 Å². The summed E-state index contributed by atoms with van der Waals surface area (Å²) >= 11 is 0. The van der Waals surface area contributed by atoms with E-state index in [4.69, 9.17) is 0 Å². The number of nitrogens with zero attached hydrogens (tertiary/aromatic N) is 5. The minimum absolute atomic E-state index is 0.0530. The summed E-state index contributed by atoms with van der Waals surface area (Å²) in [5.41, 5.74) is -0.0530. The summed E-state index contributed by atoms with van der Waals surface area (Å²) in [7, 11) is 0. The number of H-pyrrole nitrogens is 1. The fourth-order valence-electron chi connectivity index (χ4n) is 1.22. The zero-order chi connectivity index (χ0) is 12.3. The van der Waals surface area contributed by atoms with E-state index < -0.39 is 4.92 Å². The number of pyridine rings is 1. The molecule has 88 valence electrons. The Kier molecular flexibility index (Phi) is 2.90. The Morgan fingerprint density at radius 2 is 2.35 bits per heavy atom. The van der Waals surface area contributed by atoms with Crippen molar-refractivity contribution in [3.8, 4) is 0 Å². The van der Waals surface area contributed by atoms with Crippen LogP contribution in [0.1, 0.15) is 18.8 Å². The number of hydrogen-bond acceptors (Lipinski definition) is 7. The molecule has 0 amide bonds. The maximum atomic E-state index is 10.4. The number of nitrogens with one attached hydrogen (secondary N) is 2. The first-order chi connectivity index (χ1) is 8.16. The van der Waals surface area contributed by atoms with Crippen LogP contribution in [-0.4, -0.2) is 30.5 Å². The molecule has 2 aromatic heterocycles. The van der Waals surface area contributed by atoms with Gasteiger partial charge in [0.1, 0.15) is 12.0 Å². The molecule has 0 bridgehead atoms. The predicted octanol–water partition coefficient (Wildman–Crippen LogP) is 0.676. The third-order valence-electron chi connectivity index (χ3n) is 2.07. The molecule has 0 aliphatic carbocycles. The van der Waals surface area contributed by atoms with Crippen molar-refractivity contribution in [2.75, 3.05) is 5.32 Å². The molecular formula is C8H9N7O2. The zero-order valence-electron chi connectivity index (χ0n) is 8.86. The number of hydrogen-bond donors (Lipinski definition) is 2. The first kappa shape index (κ1) is 10.9. The molecule has 0 saturated carbocycles. The second-order valence-corrected chi connectivity index (χ2v) is 3.29. The highest BCUT2D eigenvalue weighted by Gasteiger charge is 2.11. The lowest BCUT2D eigenvalue weighted by atomic mass is 10.3. The lowest BCUT2D eigenvalue weighted by molar-refractivity contribution is -0.385. The Balaban J connectivity index is 2.06. The second-order valence-electron chi connectivity index (χ2n) is 3.29. The summed E-state index contributed by atoms with van der Waals surface area (Å²) in [6.45, 7) is 1.83. The van der Waals surface area contributed by atoms with Crippen LogP contribution >= 0.6 is 0 Å². The van der Waals surface area contributed by atoms with Gasteiger partial charge in [-0.25, -0.2) is 4.98 Å². The van der Waals surface area contributed by atoms with Gasteiger partial charge >= 0.3 is 0 Å². The number of anilines is 1. The van der Waals surface area contributed by atoms with Gasteiger partial charge in [0.15, 0.2) is 5.82 Å². The Hall–Kier alpha value is -2.58. The molecule has 2 aromatic rings. The van der Waals surface area contributed by atoms with E-state index in [1.54, 1.807) is 0 Å². The van der Waals surface area contributed by atoms with Crippen molar-refractivity contribution < 1.29 is 4.92 Å². The molecule has 0 fully saturated rings. The van der Waals surface area contributed by atoms with Crippen molar-refractivity contribution in [3.05, 3.63) is 34.3 Å². The van der Waals surface area contributed by atoms with Crippen LogP contribution in [0, 0.1) is 10.1 Å². The molecule has 0 radical (unpaired) electrons. The molecule has 0 spiro atoms. The van der Waals surface area contributed by atoms with Gasteiger partial charge < -0.3 is 5.32 Å². The minimum Gasteiger partial charge on any atom is -0.360 e. The van der Waals surface area contributed by atoms with Crippen LogP contribution in [0.5, 0.6) is 0 Å². The highest BCUT2D eigenvalue weighted by molar-refractivity contribution is 5.41. The molecule has 9 heteroatoms. The van der Waals surface area contributed by atoms with Gasteiger partial charge in [-0.2, -0.15) is 5.21 Å². The molecule has 2 rings (SSSR count). The first-order valence-corrected chi connectivity index (χ1v) is 4.77. The molecule has 1 unspecified atom stereocenters. The highest BCUT2D eigenvalue weighted by atomic mass is 16.6. The first-order valence-electron chi connectivity index (χ1n) is 4.77. The van der Waals surface area contributed by atoms with Gasteiger partial charge in [-0.1, -0.05) is 5.21 Å². The van der Waals surface area contributed by atoms with Gasteiger partial charge in [-0.15, -0.1) is 10.2 Å². The van der Waals surface area contributed by atoms with E-state index in [1.807, 2.05) is 6.92 Å². The molecular weight excluding hydrogens is 226 g/mol. The van der Waals surface area contributed by atoms with E-state index in [1.165, 1.54) is 18.3 Å². The van der Waals surface area contributed by atoms with E-state index in [0.717, 1.165) is 0 Å². The van der Waals surface area contributed by atoms with Crippen LogP contribution in [0.2, 0.25) is 0 Å². The average Bonchev–Trinajstić information content (AvgIpc) is 2.83. The molecule has 2 N–H and O–H groups in total. The van der Waals surface area contributed by atoms with E-state index in [0.29, 0.717) is 11.6 Å². The molecule has 0 aromatic carbocycles. The van der Waals surface area contributed by atoms with E-state index in [9.17, 15) is 10.1 Å². The number of nitro groups is 1. The van der Waals surface area contributed by atoms with E-state index in [-0.39, 0.29) is 11.7 Å². The second kappa shape index (κ2) is 4.51. The number of tetrazole rings is 1. The number of rotatable bonds is 4. The fraction of sp³-hybridized carbons (Fsp3) is 0.250. The fourth-order valence-corrected chi connectivity index (χ4v) is 1.22. The molecule has 0 aliphatic rings. The van der Waals surface area contributed by atoms with Gasteiger partial charge in [0.25, 0.3) is 5.69 Å². The Morgan fingerprint density at radius 3 is 2.88 bits per heavy atom. The summed E-state index contributed by atoms with van der Waals surface area (Å²) in [6.07, 6.45) is 1.19. The van der Waals surface area contributed by atoms with E-state index >= 15 is 0 Å². The summed E-state index contributed by atoms with van der Waals surface area (Å²) < 4.78 is 0. The van der Waals surface area contributed by atoms with Crippen molar-refractivity contribution in [1.29, 1.82) is 0 Å². The molecule has 17 heavy (non-hydrogen) atoms. The predicted molar refractivity (Wildman–Crippen MR) is 57.1 cm³/mol. The lowest BCUT2D eigenvalue weighted by Crippen LogP contribution is -2.09. The summed E-state index contributed by atoms with van der Waals surface area (Å²) in [5, 5.41) is 26.8. The molecule has 9 nitrogen and oxygen atoms in total.